The fourth-order valence-electron chi connectivity index (χ4n) is 2.35. The first-order valence-electron chi connectivity index (χ1n) is 5.30. The van der Waals surface area contributed by atoms with Crippen LogP contribution in [-0.2, 0) is 0 Å². The van der Waals surface area contributed by atoms with Crippen molar-refractivity contribution < 1.29 is 0 Å². The van der Waals surface area contributed by atoms with Gasteiger partial charge in [0.2, 0.25) is 0 Å². The van der Waals surface area contributed by atoms with E-state index in [4.69, 9.17) is 0 Å². The van der Waals surface area contributed by atoms with Crippen molar-refractivity contribution in [1.29, 1.82) is 0 Å². The smallest absolute Gasteiger partial charge is 0.0345 e. The molecule has 1 aliphatic heterocycles. The fourth-order valence-corrected chi connectivity index (χ4v) is 2.35. The number of hydrogen-bond acceptors (Lipinski definition) is 2. The highest BCUT2D eigenvalue weighted by molar-refractivity contribution is 4.87. The Kier molecular flexibility index (Phi) is 2.66. The van der Waals surface area contributed by atoms with E-state index in [1.165, 1.54) is 45.2 Å². The molecule has 0 bridgehead atoms. The van der Waals surface area contributed by atoms with Crippen LogP contribution < -0.4 is 5.32 Å². The first-order valence-corrected chi connectivity index (χ1v) is 5.30. The van der Waals surface area contributed by atoms with E-state index in [1.54, 1.807) is 0 Å². The highest BCUT2D eigenvalue weighted by Crippen LogP contribution is 2.23. The van der Waals surface area contributed by atoms with E-state index >= 15 is 0 Å². The SMILES string of the molecule is CN(C1CCCCC1)C1CNC1. The zero-order valence-corrected chi connectivity index (χ0v) is 8.05. The quantitative estimate of drug-likeness (QED) is 0.667. The Morgan fingerprint density at radius 3 is 2.17 bits per heavy atom. The summed E-state index contributed by atoms with van der Waals surface area (Å²) in [6.45, 7) is 2.43. The monoisotopic (exact) mass is 168 g/mol. The molecule has 1 heterocycles. The third-order valence-corrected chi connectivity index (χ3v) is 3.49. The minimum atomic E-state index is 0.841. The van der Waals surface area contributed by atoms with Gasteiger partial charge in [-0.3, -0.25) is 4.90 Å². The normalized spacial score (nSPS) is 27.5. The van der Waals surface area contributed by atoms with Gasteiger partial charge < -0.3 is 5.32 Å². The molecule has 1 N–H and O–H groups in total. The van der Waals surface area contributed by atoms with Gasteiger partial charge in [-0.1, -0.05) is 19.3 Å². The summed E-state index contributed by atoms with van der Waals surface area (Å²) in [5.74, 6) is 0. The summed E-state index contributed by atoms with van der Waals surface area (Å²) in [6.07, 6.45) is 7.25. The molecule has 0 radical (unpaired) electrons. The van der Waals surface area contributed by atoms with E-state index < -0.39 is 0 Å². The van der Waals surface area contributed by atoms with Gasteiger partial charge in [0.15, 0.2) is 0 Å². The van der Waals surface area contributed by atoms with Gasteiger partial charge in [0, 0.05) is 25.2 Å². The Morgan fingerprint density at radius 1 is 1.00 bits per heavy atom. The molecule has 2 rings (SSSR count). The maximum atomic E-state index is 3.34. The Morgan fingerprint density at radius 2 is 1.67 bits per heavy atom. The third kappa shape index (κ3) is 1.64. The fraction of sp³-hybridized carbons (Fsp3) is 1.00. The molecule has 0 atom stereocenters. The van der Waals surface area contributed by atoms with Gasteiger partial charge in [0.25, 0.3) is 0 Å². The van der Waals surface area contributed by atoms with Crippen LogP contribution in [0.2, 0.25) is 0 Å². The molecule has 0 spiro atoms. The first kappa shape index (κ1) is 8.52. The van der Waals surface area contributed by atoms with Gasteiger partial charge in [-0.25, -0.2) is 0 Å². The number of rotatable bonds is 2. The van der Waals surface area contributed by atoms with Gasteiger partial charge in [-0.05, 0) is 19.9 Å². The van der Waals surface area contributed by atoms with E-state index in [1.807, 2.05) is 0 Å². The number of likely N-dealkylation sites (N-methyl/N-ethyl adjacent to an activating group) is 1. The second-order valence-corrected chi connectivity index (χ2v) is 4.27. The lowest BCUT2D eigenvalue weighted by atomic mass is 9.93. The van der Waals surface area contributed by atoms with Crippen molar-refractivity contribution in [3.05, 3.63) is 0 Å². The highest BCUT2D eigenvalue weighted by Gasteiger charge is 2.27. The number of nitrogens with zero attached hydrogens (tertiary/aromatic N) is 1. The van der Waals surface area contributed by atoms with Crippen LogP contribution in [0.3, 0.4) is 0 Å². The van der Waals surface area contributed by atoms with E-state index in [0.29, 0.717) is 0 Å². The van der Waals surface area contributed by atoms with Crippen molar-refractivity contribution in [2.45, 2.75) is 44.2 Å². The van der Waals surface area contributed by atoms with Crippen molar-refractivity contribution in [2.75, 3.05) is 20.1 Å². The van der Waals surface area contributed by atoms with Crippen LogP contribution in [0.25, 0.3) is 0 Å². The molecule has 2 heteroatoms. The molecular weight excluding hydrogens is 148 g/mol. The topological polar surface area (TPSA) is 15.3 Å². The molecule has 70 valence electrons. The second kappa shape index (κ2) is 3.75. The minimum Gasteiger partial charge on any atom is -0.314 e. The molecule has 0 aromatic heterocycles. The summed E-state index contributed by atoms with van der Waals surface area (Å²) in [6, 6.07) is 1.74. The molecular formula is C10H20N2. The zero-order chi connectivity index (χ0) is 8.39. The molecule has 2 nitrogen and oxygen atoms in total. The molecule has 1 aliphatic carbocycles. The largest absolute Gasteiger partial charge is 0.314 e. The average Bonchev–Trinajstić information content (AvgIpc) is 2.03. The Labute approximate surface area is 75.3 Å². The summed E-state index contributed by atoms with van der Waals surface area (Å²) < 4.78 is 0. The molecule has 1 saturated heterocycles. The highest BCUT2D eigenvalue weighted by atomic mass is 15.2. The van der Waals surface area contributed by atoms with Gasteiger partial charge in [0.05, 0.1) is 0 Å². The summed E-state index contributed by atoms with van der Waals surface area (Å²) in [5, 5.41) is 3.34. The molecule has 2 fully saturated rings. The standard InChI is InChI=1S/C10H20N2/c1-12(10-7-11-8-10)9-5-3-2-4-6-9/h9-11H,2-8H2,1H3. The van der Waals surface area contributed by atoms with Crippen LogP contribution in [0.15, 0.2) is 0 Å². The second-order valence-electron chi connectivity index (χ2n) is 4.27. The maximum absolute atomic E-state index is 3.34. The van der Waals surface area contributed by atoms with E-state index in [-0.39, 0.29) is 0 Å². The molecule has 0 amide bonds. The Hall–Kier alpha value is -0.0800. The summed E-state index contributed by atoms with van der Waals surface area (Å²) in [7, 11) is 2.31. The zero-order valence-electron chi connectivity index (χ0n) is 8.05. The van der Waals surface area contributed by atoms with Crippen molar-refractivity contribution in [3.8, 4) is 0 Å². The lowest BCUT2D eigenvalue weighted by molar-refractivity contribution is 0.102. The van der Waals surface area contributed by atoms with Crippen LogP contribution in [0.4, 0.5) is 0 Å². The summed E-state index contributed by atoms with van der Waals surface area (Å²) in [4.78, 5) is 2.61. The third-order valence-electron chi connectivity index (χ3n) is 3.49. The van der Waals surface area contributed by atoms with Gasteiger partial charge >= 0.3 is 0 Å². The van der Waals surface area contributed by atoms with Crippen LogP contribution >= 0.6 is 0 Å². The average molecular weight is 168 g/mol. The van der Waals surface area contributed by atoms with Crippen molar-refractivity contribution >= 4 is 0 Å². The van der Waals surface area contributed by atoms with Crippen molar-refractivity contribution in [3.63, 3.8) is 0 Å². The lowest BCUT2D eigenvalue weighted by Gasteiger charge is -2.42. The lowest BCUT2D eigenvalue weighted by Crippen LogP contribution is -2.58. The van der Waals surface area contributed by atoms with Crippen LogP contribution in [-0.4, -0.2) is 37.1 Å². The van der Waals surface area contributed by atoms with Crippen LogP contribution in [0.1, 0.15) is 32.1 Å². The molecule has 0 unspecified atom stereocenters. The Balaban J connectivity index is 1.80. The molecule has 1 saturated carbocycles. The number of nitrogens with one attached hydrogen (secondary N) is 1. The van der Waals surface area contributed by atoms with E-state index in [2.05, 4.69) is 17.3 Å². The van der Waals surface area contributed by atoms with Gasteiger partial charge in [-0.2, -0.15) is 0 Å². The first-order chi connectivity index (χ1) is 5.88. The van der Waals surface area contributed by atoms with E-state index in [0.717, 1.165) is 12.1 Å². The van der Waals surface area contributed by atoms with Crippen LogP contribution in [0, 0.1) is 0 Å². The van der Waals surface area contributed by atoms with Gasteiger partial charge in [0.1, 0.15) is 0 Å². The molecule has 12 heavy (non-hydrogen) atoms. The summed E-state index contributed by atoms with van der Waals surface area (Å²) in [5.41, 5.74) is 0. The van der Waals surface area contributed by atoms with E-state index in [9.17, 15) is 0 Å². The van der Waals surface area contributed by atoms with Crippen molar-refractivity contribution in [2.24, 2.45) is 0 Å². The minimum absolute atomic E-state index is 0.841. The molecule has 0 aromatic rings. The molecule has 0 aromatic carbocycles. The van der Waals surface area contributed by atoms with Crippen molar-refractivity contribution in [1.82, 2.24) is 10.2 Å². The maximum Gasteiger partial charge on any atom is 0.0345 e. The van der Waals surface area contributed by atoms with Gasteiger partial charge in [-0.15, -0.1) is 0 Å². The Bertz CT molecular complexity index is 137. The predicted molar refractivity (Wildman–Crippen MR) is 51.3 cm³/mol. The number of hydrogen-bond donors (Lipinski definition) is 1. The summed E-state index contributed by atoms with van der Waals surface area (Å²) >= 11 is 0. The van der Waals surface area contributed by atoms with Crippen LogP contribution in [0.5, 0.6) is 0 Å². The molecule has 2 aliphatic rings. The predicted octanol–water partition coefficient (Wildman–Crippen LogP) is 1.22.